The van der Waals surface area contributed by atoms with Crippen molar-refractivity contribution >= 4 is 0 Å². The van der Waals surface area contributed by atoms with E-state index in [1.165, 1.54) is 116 Å². The summed E-state index contributed by atoms with van der Waals surface area (Å²) in [4.78, 5) is 0. The van der Waals surface area contributed by atoms with Crippen molar-refractivity contribution in [3.63, 3.8) is 0 Å². The van der Waals surface area contributed by atoms with Gasteiger partial charge in [0.25, 0.3) is 0 Å². The summed E-state index contributed by atoms with van der Waals surface area (Å²) in [5.74, 6) is 0. The third-order valence-corrected chi connectivity index (χ3v) is 7.24. The molecule has 0 aromatic carbocycles. The molecule has 1 heteroatoms. The van der Waals surface area contributed by atoms with E-state index < -0.39 is 0 Å². The molecule has 0 radical (unpaired) electrons. The second-order valence-corrected chi connectivity index (χ2v) is 9.91. The van der Waals surface area contributed by atoms with Crippen LogP contribution in [0.15, 0.2) is 0 Å². The highest BCUT2D eigenvalue weighted by Crippen LogP contribution is 2.34. The summed E-state index contributed by atoms with van der Waals surface area (Å²) >= 11 is 0. The van der Waals surface area contributed by atoms with E-state index in [0.29, 0.717) is 10.8 Å². The van der Waals surface area contributed by atoms with Crippen LogP contribution in [0, 0.1) is 10.8 Å². The molecule has 2 atom stereocenters. The van der Waals surface area contributed by atoms with E-state index in [2.05, 4.69) is 46.9 Å². The van der Waals surface area contributed by atoms with Crippen LogP contribution in [0.5, 0.6) is 0 Å². The van der Waals surface area contributed by atoms with Crippen LogP contribution in [0.25, 0.3) is 0 Å². The lowest BCUT2D eigenvalue weighted by atomic mass is 9.78. The van der Waals surface area contributed by atoms with Crippen LogP contribution in [-0.2, 0) is 0 Å². The van der Waals surface area contributed by atoms with Crippen LogP contribution in [-0.4, -0.2) is 13.1 Å². The Morgan fingerprint density at radius 3 is 1.19 bits per heavy atom. The fourth-order valence-corrected chi connectivity index (χ4v) is 4.32. The van der Waals surface area contributed by atoms with Gasteiger partial charge < -0.3 is 5.32 Å². The summed E-state index contributed by atoms with van der Waals surface area (Å²) < 4.78 is 0. The molecule has 1 N–H and O–H groups in total. The SMILES string of the molecule is CCCCCCC(C)(CC)CCCNCCCC(C)(CC)CCCCCC. The zero-order chi connectivity index (χ0) is 20.4. The number of rotatable bonds is 20. The molecule has 0 bridgehead atoms. The first-order valence-electron chi connectivity index (χ1n) is 12.7. The van der Waals surface area contributed by atoms with E-state index in [9.17, 15) is 0 Å². The van der Waals surface area contributed by atoms with Gasteiger partial charge in [-0.25, -0.2) is 0 Å². The number of hydrogen-bond acceptors (Lipinski definition) is 1. The normalized spacial score (nSPS) is 16.2. The Labute approximate surface area is 173 Å². The van der Waals surface area contributed by atoms with Crippen LogP contribution >= 0.6 is 0 Å². The largest absolute Gasteiger partial charge is 0.317 e. The summed E-state index contributed by atoms with van der Waals surface area (Å²) in [6, 6.07) is 0. The van der Waals surface area contributed by atoms with Crippen molar-refractivity contribution in [1.29, 1.82) is 0 Å². The zero-order valence-corrected chi connectivity index (χ0v) is 20.2. The highest BCUT2D eigenvalue weighted by molar-refractivity contribution is 4.75. The lowest BCUT2D eigenvalue weighted by Crippen LogP contribution is -2.23. The van der Waals surface area contributed by atoms with Gasteiger partial charge in [-0.3, -0.25) is 0 Å². The van der Waals surface area contributed by atoms with Crippen molar-refractivity contribution < 1.29 is 0 Å². The highest BCUT2D eigenvalue weighted by atomic mass is 14.8. The second-order valence-electron chi connectivity index (χ2n) is 9.91. The van der Waals surface area contributed by atoms with Gasteiger partial charge in [-0.05, 0) is 62.4 Å². The highest BCUT2D eigenvalue weighted by Gasteiger charge is 2.22. The zero-order valence-electron chi connectivity index (χ0n) is 20.2. The predicted molar refractivity (Wildman–Crippen MR) is 126 cm³/mol. The third-order valence-electron chi connectivity index (χ3n) is 7.24. The lowest BCUT2D eigenvalue weighted by molar-refractivity contribution is 0.237. The molecule has 0 aromatic heterocycles. The summed E-state index contributed by atoms with van der Waals surface area (Å²) in [7, 11) is 0. The Hall–Kier alpha value is -0.0400. The quantitative estimate of drug-likeness (QED) is 0.207. The van der Waals surface area contributed by atoms with Gasteiger partial charge in [0.2, 0.25) is 0 Å². The van der Waals surface area contributed by atoms with Crippen molar-refractivity contribution in [1.82, 2.24) is 5.32 Å². The van der Waals surface area contributed by atoms with Crippen LogP contribution in [0.3, 0.4) is 0 Å². The number of hydrogen-bond donors (Lipinski definition) is 1. The van der Waals surface area contributed by atoms with Crippen molar-refractivity contribution in [3.8, 4) is 0 Å². The van der Waals surface area contributed by atoms with E-state index in [0.717, 1.165) is 0 Å². The van der Waals surface area contributed by atoms with Crippen LogP contribution in [0.4, 0.5) is 0 Å². The molecule has 0 aliphatic rings. The Kier molecular flexibility index (Phi) is 16.8. The van der Waals surface area contributed by atoms with E-state index in [4.69, 9.17) is 0 Å². The molecule has 0 rings (SSSR count). The summed E-state index contributed by atoms with van der Waals surface area (Å²) in [6.07, 6.45) is 22.3. The Morgan fingerprint density at radius 2 is 0.852 bits per heavy atom. The fraction of sp³-hybridized carbons (Fsp3) is 1.00. The summed E-state index contributed by atoms with van der Waals surface area (Å²) in [5.41, 5.74) is 1.16. The van der Waals surface area contributed by atoms with Crippen LogP contribution in [0.2, 0.25) is 0 Å². The van der Waals surface area contributed by atoms with Crippen molar-refractivity contribution in [3.05, 3.63) is 0 Å². The number of nitrogens with one attached hydrogen (secondary N) is 1. The molecule has 0 aromatic rings. The monoisotopic (exact) mass is 381 g/mol. The fourth-order valence-electron chi connectivity index (χ4n) is 4.32. The Balaban J connectivity index is 3.81. The molecule has 0 aliphatic heterocycles. The molecular weight excluding hydrogens is 326 g/mol. The van der Waals surface area contributed by atoms with E-state index in [1.807, 2.05) is 0 Å². The van der Waals surface area contributed by atoms with Gasteiger partial charge in [-0.1, -0.05) is 106 Å². The smallest absolute Gasteiger partial charge is 0.00487 e. The van der Waals surface area contributed by atoms with Gasteiger partial charge in [0.1, 0.15) is 0 Å². The van der Waals surface area contributed by atoms with Gasteiger partial charge in [0, 0.05) is 0 Å². The molecule has 0 heterocycles. The molecule has 27 heavy (non-hydrogen) atoms. The average Bonchev–Trinajstić information content (AvgIpc) is 2.68. The van der Waals surface area contributed by atoms with Crippen LogP contribution in [0.1, 0.15) is 144 Å². The summed E-state index contributed by atoms with van der Waals surface area (Å²) in [5, 5.41) is 3.73. The molecule has 0 spiro atoms. The van der Waals surface area contributed by atoms with Crippen molar-refractivity contribution in [2.45, 2.75) is 144 Å². The van der Waals surface area contributed by atoms with Crippen molar-refractivity contribution in [2.24, 2.45) is 10.8 Å². The average molecular weight is 382 g/mol. The lowest BCUT2D eigenvalue weighted by Gasteiger charge is -2.29. The molecule has 2 unspecified atom stereocenters. The van der Waals surface area contributed by atoms with E-state index in [1.54, 1.807) is 0 Å². The Bertz CT molecular complexity index is 283. The molecule has 1 nitrogen and oxygen atoms in total. The maximum atomic E-state index is 3.73. The minimum absolute atomic E-state index is 0.578. The molecule has 0 amide bonds. The van der Waals surface area contributed by atoms with E-state index >= 15 is 0 Å². The minimum atomic E-state index is 0.578. The number of unbranched alkanes of at least 4 members (excludes halogenated alkanes) is 6. The first-order chi connectivity index (χ1) is 12.9. The minimum Gasteiger partial charge on any atom is -0.317 e. The topological polar surface area (TPSA) is 12.0 Å². The maximum Gasteiger partial charge on any atom is -0.00487 e. The van der Waals surface area contributed by atoms with Gasteiger partial charge >= 0.3 is 0 Å². The summed E-state index contributed by atoms with van der Waals surface area (Å²) in [6.45, 7) is 16.8. The maximum absolute atomic E-state index is 3.73. The first-order valence-corrected chi connectivity index (χ1v) is 12.7. The molecule has 0 fully saturated rings. The van der Waals surface area contributed by atoms with Gasteiger partial charge in [0.15, 0.2) is 0 Å². The van der Waals surface area contributed by atoms with Gasteiger partial charge in [-0.2, -0.15) is 0 Å². The second kappa shape index (κ2) is 16.9. The van der Waals surface area contributed by atoms with Gasteiger partial charge in [0.05, 0.1) is 0 Å². The first kappa shape index (κ1) is 27.0. The third kappa shape index (κ3) is 14.6. The predicted octanol–water partition coefficient (Wildman–Crippen LogP) is 8.91. The Morgan fingerprint density at radius 1 is 0.481 bits per heavy atom. The molecular formula is C26H55N. The van der Waals surface area contributed by atoms with Crippen LogP contribution < -0.4 is 5.32 Å². The van der Waals surface area contributed by atoms with Crippen molar-refractivity contribution in [2.75, 3.05) is 13.1 Å². The molecule has 0 aliphatic carbocycles. The standard InChI is InChI=1S/C26H55N/c1-7-11-13-15-19-25(5,9-3)21-17-23-27-24-18-22-26(6,10-4)20-16-14-12-8-2/h27H,7-24H2,1-6H3. The molecule has 0 saturated heterocycles. The van der Waals surface area contributed by atoms with Gasteiger partial charge in [-0.15, -0.1) is 0 Å². The van der Waals surface area contributed by atoms with E-state index in [-0.39, 0.29) is 0 Å². The molecule has 164 valence electrons. The molecule has 0 saturated carbocycles.